The van der Waals surface area contributed by atoms with E-state index in [1.807, 2.05) is 6.33 Å². The molecule has 0 radical (unpaired) electrons. The van der Waals surface area contributed by atoms with Crippen LogP contribution in [0.5, 0.6) is 0 Å². The SMILES string of the molecule is CC(CN1CCOCC1)n1cnc2c1CCNC2. The molecule has 0 bridgehead atoms. The van der Waals surface area contributed by atoms with Crippen LogP contribution in [-0.4, -0.2) is 53.8 Å². The lowest BCUT2D eigenvalue weighted by molar-refractivity contribution is 0.0324. The molecule has 0 spiro atoms. The molecule has 18 heavy (non-hydrogen) atoms. The van der Waals surface area contributed by atoms with Crippen molar-refractivity contribution in [3.05, 3.63) is 17.7 Å². The van der Waals surface area contributed by atoms with E-state index in [4.69, 9.17) is 4.74 Å². The molecule has 2 aliphatic rings. The van der Waals surface area contributed by atoms with Crippen LogP contribution in [0.1, 0.15) is 24.4 Å². The second-order valence-corrected chi connectivity index (χ2v) is 5.23. The third-order valence-corrected chi connectivity index (χ3v) is 3.91. The number of fused-ring (bicyclic) bond motifs is 1. The van der Waals surface area contributed by atoms with Crippen LogP contribution in [0.4, 0.5) is 0 Å². The van der Waals surface area contributed by atoms with Crippen LogP contribution in [0, 0.1) is 0 Å². The Hall–Kier alpha value is -0.910. The Morgan fingerprint density at radius 2 is 2.28 bits per heavy atom. The lowest BCUT2D eigenvalue weighted by Crippen LogP contribution is -2.39. The van der Waals surface area contributed by atoms with Gasteiger partial charge in [-0.2, -0.15) is 0 Å². The predicted octanol–water partition coefficient (Wildman–Crippen LogP) is 0.422. The highest BCUT2D eigenvalue weighted by atomic mass is 16.5. The summed E-state index contributed by atoms with van der Waals surface area (Å²) in [7, 11) is 0. The lowest BCUT2D eigenvalue weighted by atomic mass is 10.1. The Morgan fingerprint density at radius 3 is 3.11 bits per heavy atom. The van der Waals surface area contributed by atoms with Gasteiger partial charge in [0.1, 0.15) is 0 Å². The van der Waals surface area contributed by atoms with Gasteiger partial charge in [-0.15, -0.1) is 0 Å². The number of ether oxygens (including phenoxy) is 1. The minimum Gasteiger partial charge on any atom is -0.379 e. The molecule has 3 rings (SSSR count). The largest absolute Gasteiger partial charge is 0.379 e. The number of nitrogens with one attached hydrogen (secondary N) is 1. The van der Waals surface area contributed by atoms with E-state index >= 15 is 0 Å². The average Bonchev–Trinajstić information content (AvgIpc) is 2.84. The van der Waals surface area contributed by atoms with Gasteiger partial charge in [-0.05, 0) is 6.92 Å². The van der Waals surface area contributed by atoms with Crippen molar-refractivity contribution in [3.8, 4) is 0 Å². The molecule has 2 aliphatic heterocycles. The molecule has 1 aromatic heterocycles. The Morgan fingerprint density at radius 1 is 1.44 bits per heavy atom. The van der Waals surface area contributed by atoms with Crippen molar-refractivity contribution in [3.63, 3.8) is 0 Å². The number of aromatic nitrogens is 2. The molecule has 5 heteroatoms. The number of morpholine rings is 1. The fraction of sp³-hybridized carbons (Fsp3) is 0.769. The molecular formula is C13H22N4O. The van der Waals surface area contributed by atoms with Gasteiger partial charge >= 0.3 is 0 Å². The molecule has 5 nitrogen and oxygen atoms in total. The normalized spacial score (nSPS) is 22.7. The lowest BCUT2D eigenvalue weighted by Gasteiger charge is -2.30. The summed E-state index contributed by atoms with van der Waals surface area (Å²) in [5.74, 6) is 0. The summed E-state index contributed by atoms with van der Waals surface area (Å²) in [6, 6.07) is 0.498. The van der Waals surface area contributed by atoms with Crippen molar-refractivity contribution in [1.82, 2.24) is 19.8 Å². The molecule has 1 atom stereocenters. The van der Waals surface area contributed by atoms with Crippen molar-refractivity contribution >= 4 is 0 Å². The van der Waals surface area contributed by atoms with Crippen molar-refractivity contribution in [1.29, 1.82) is 0 Å². The van der Waals surface area contributed by atoms with E-state index in [2.05, 4.69) is 26.7 Å². The first-order valence-corrected chi connectivity index (χ1v) is 6.90. The molecular weight excluding hydrogens is 228 g/mol. The van der Waals surface area contributed by atoms with Crippen LogP contribution in [0.25, 0.3) is 0 Å². The maximum atomic E-state index is 5.39. The summed E-state index contributed by atoms with van der Waals surface area (Å²) in [5, 5.41) is 3.37. The van der Waals surface area contributed by atoms with Crippen LogP contribution in [0.2, 0.25) is 0 Å². The first kappa shape index (κ1) is 12.1. The number of hydrogen-bond acceptors (Lipinski definition) is 4. The first-order valence-electron chi connectivity index (χ1n) is 6.90. The average molecular weight is 250 g/mol. The smallest absolute Gasteiger partial charge is 0.0955 e. The van der Waals surface area contributed by atoms with Crippen molar-refractivity contribution < 1.29 is 4.74 Å². The van der Waals surface area contributed by atoms with E-state index in [1.165, 1.54) is 11.4 Å². The summed E-state index contributed by atoms with van der Waals surface area (Å²) in [6.45, 7) is 9.25. The molecule has 0 aromatic carbocycles. The quantitative estimate of drug-likeness (QED) is 0.844. The van der Waals surface area contributed by atoms with Gasteiger partial charge in [0.15, 0.2) is 0 Å². The number of nitrogens with zero attached hydrogens (tertiary/aromatic N) is 3. The minimum absolute atomic E-state index is 0.498. The van der Waals surface area contributed by atoms with Crippen LogP contribution >= 0.6 is 0 Å². The predicted molar refractivity (Wildman–Crippen MR) is 69.6 cm³/mol. The molecule has 1 fully saturated rings. The van der Waals surface area contributed by atoms with Gasteiger partial charge in [0.25, 0.3) is 0 Å². The second-order valence-electron chi connectivity index (χ2n) is 5.23. The first-order chi connectivity index (χ1) is 8.84. The zero-order valence-electron chi connectivity index (χ0n) is 11.1. The third kappa shape index (κ3) is 2.43. The maximum absolute atomic E-state index is 5.39. The Balaban J connectivity index is 1.67. The molecule has 0 aliphatic carbocycles. The summed E-state index contributed by atoms with van der Waals surface area (Å²) in [4.78, 5) is 7.02. The molecule has 0 amide bonds. The van der Waals surface area contributed by atoms with E-state index < -0.39 is 0 Å². The van der Waals surface area contributed by atoms with Gasteiger partial charge in [-0.3, -0.25) is 4.90 Å². The Labute approximate surface area is 108 Å². The highest BCUT2D eigenvalue weighted by Gasteiger charge is 2.20. The van der Waals surface area contributed by atoms with Gasteiger partial charge in [-0.25, -0.2) is 4.98 Å². The summed E-state index contributed by atoms with van der Waals surface area (Å²) >= 11 is 0. The van der Waals surface area contributed by atoms with Gasteiger partial charge in [0.2, 0.25) is 0 Å². The van der Waals surface area contributed by atoms with Crippen LogP contribution in [-0.2, 0) is 17.7 Å². The van der Waals surface area contributed by atoms with E-state index in [1.54, 1.807) is 0 Å². The third-order valence-electron chi connectivity index (χ3n) is 3.91. The van der Waals surface area contributed by atoms with E-state index in [9.17, 15) is 0 Å². The van der Waals surface area contributed by atoms with E-state index in [0.717, 1.165) is 52.4 Å². The van der Waals surface area contributed by atoms with Crippen LogP contribution < -0.4 is 5.32 Å². The Bertz CT molecular complexity index is 398. The minimum atomic E-state index is 0.498. The molecule has 100 valence electrons. The highest BCUT2D eigenvalue weighted by molar-refractivity contribution is 5.17. The zero-order chi connectivity index (χ0) is 12.4. The van der Waals surface area contributed by atoms with Gasteiger partial charge in [-0.1, -0.05) is 0 Å². The molecule has 3 heterocycles. The van der Waals surface area contributed by atoms with Crippen molar-refractivity contribution in [2.24, 2.45) is 0 Å². The monoisotopic (exact) mass is 250 g/mol. The van der Waals surface area contributed by atoms with Crippen molar-refractivity contribution in [2.45, 2.75) is 25.9 Å². The summed E-state index contributed by atoms with van der Waals surface area (Å²) in [5.41, 5.74) is 2.66. The van der Waals surface area contributed by atoms with E-state index in [0.29, 0.717) is 6.04 Å². The molecule has 1 saturated heterocycles. The topological polar surface area (TPSA) is 42.3 Å². The Kier molecular flexibility index (Phi) is 3.63. The van der Waals surface area contributed by atoms with Gasteiger partial charge < -0.3 is 14.6 Å². The molecule has 1 aromatic rings. The highest BCUT2D eigenvalue weighted by Crippen LogP contribution is 2.18. The zero-order valence-corrected chi connectivity index (χ0v) is 11.1. The van der Waals surface area contributed by atoms with Crippen molar-refractivity contribution in [2.75, 3.05) is 39.4 Å². The van der Waals surface area contributed by atoms with E-state index in [-0.39, 0.29) is 0 Å². The van der Waals surface area contributed by atoms with Gasteiger partial charge in [0, 0.05) is 50.9 Å². The fourth-order valence-corrected chi connectivity index (χ4v) is 2.88. The maximum Gasteiger partial charge on any atom is 0.0955 e. The summed E-state index contributed by atoms with van der Waals surface area (Å²) in [6.07, 6.45) is 3.12. The number of hydrogen-bond donors (Lipinski definition) is 1. The number of rotatable bonds is 3. The van der Waals surface area contributed by atoms with Crippen LogP contribution in [0.15, 0.2) is 6.33 Å². The molecule has 0 saturated carbocycles. The standard InChI is InChI=1S/C13H22N4O/c1-11(9-16-4-6-18-7-5-16)17-10-15-12-8-14-3-2-13(12)17/h10-11,14H,2-9H2,1H3. The van der Waals surface area contributed by atoms with Gasteiger partial charge in [0.05, 0.1) is 25.2 Å². The summed E-state index contributed by atoms with van der Waals surface area (Å²) < 4.78 is 7.76. The molecule has 1 unspecified atom stereocenters. The number of imidazole rings is 1. The second kappa shape index (κ2) is 5.38. The van der Waals surface area contributed by atoms with Crippen LogP contribution in [0.3, 0.4) is 0 Å². The fourth-order valence-electron chi connectivity index (χ4n) is 2.88. The molecule has 1 N–H and O–H groups in total.